The fraction of sp³-hybridized carbons (Fsp3) is 0.857. The van der Waals surface area contributed by atoms with E-state index in [0.29, 0.717) is 18.8 Å². The normalized spacial score (nSPS) is 28.2. The van der Waals surface area contributed by atoms with Gasteiger partial charge in [0.1, 0.15) is 0 Å². The van der Waals surface area contributed by atoms with E-state index in [9.17, 15) is 9.59 Å². The Bertz CT molecular complexity index is 327. The van der Waals surface area contributed by atoms with Crippen molar-refractivity contribution in [3.8, 4) is 0 Å². The molecule has 0 radical (unpaired) electrons. The molecular formula is C14H24N2O3. The van der Waals surface area contributed by atoms with Crippen LogP contribution in [-0.2, 0) is 9.59 Å². The Morgan fingerprint density at radius 1 is 1.16 bits per heavy atom. The molecule has 1 saturated carbocycles. The second kappa shape index (κ2) is 6.89. The van der Waals surface area contributed by atoms with Gasteiger partial charge < -0.3 is 15.7 Å². The summed E-state index contributed by atoms with van der Waals surface area (Å²) in [6.07, 6.45) is 6.15. The number of hydrogen-bond acceptors (Lipinski definition) is 3. The lowest BCUT2D eigenvalue weighted by molar-refractivity contribution is -0.142. The first kappa shape index (κ1) is 14.3. The molecule has 2 atom stereocenters. The molecule has 2 fully saturated rings. The number of amides is 1. The number of rotatable bonds is 5. The molecule has 2 rings (SSSR count). The van der Waals surface area contributed by atoms with Crippen LogP contribution in [0, 0.1) is 11.8 Å². The highest BCUT2D eigenvalue weighted by Crippen LogP contribution is 2.26. The zero-order chi connectivity index (χ0) is 13.7. The lowest BCUT2D eigenvalue weighted by Gasteiger charge is -2.23. The molecule has 1 saturated heterocycles. The Labute approximate surface area is 114 Å². The Morgan fingerprint density at radius 3 is 2.58 bits per heavy atom. The summed E-state index contributed by atoms with van der Waals surface area (Å²) in [5.41, 5.74) is 0. The molecule has 0 aromatic heterocycles. The minimum Gasteiger partial charge on any atom is -0.481 e. The maximum absolute atomic E-state index is 11.9. The van der Waals surface area contributed by atoms with Crippen LogP contribution in [0.2, 0.25) is 0 Å². The van der Waals surface area contributed by atoms with Crippen molar-refractivity contribution in [3.63, 3.8) is 0 Å². The van der Waals surface area contributed by atoms with Crippen molar-refractivity contribution in [2.45, 2.75) is 51.0 Å². The SMILES string of the molecule is O=C(CCC1CCNCC1)NC1CCCC1C(=O)O. The quantitative estimate of drug-likeness (QED) is 0.698. The largest absolute Gasteiger partial charge is 0.481 e. The van der Waals surface area contributed by atoms with E-state index in [0.717, 1.165) is 45.2 Å². The minimum absolute atomic E-state index is 0.0247. The molecule has 0 aromatic carbocycles. The van der Waals surface area contributed by atoms with Crippen molar-refractivity contribution >= 4 is 11.9 Å². The highest BCUT2D eigenvalue weighted by atomic mass is 16.4. The number of carbonyl (C=O) groups excluding carboxylic acids is 1. The van der Waals surface area contributed by atoms with Gasteiger partial charge in [-0.3, -0.25) is 9.59 Å². The third-order valence-electron chi connectivity index (χ3n) is 4.42. The third kappa shape index (κ3) is 4.20. The Balaban J connectivity index is 1.70. The van der Waals surface area contributed by atoms with Crippen molar-refractivity contribution in [2.75, 3.05) is 13.1 Å². The maximum atomic E-state index is 11.9. The summed E-state index contributed by atoms with van der Waals surface area (Å²) in [5, 5.41) is 15.3. The zero-order valence-electron chi connectivity index (χ0n) is 11.4. The van der Waals surface area contributed by atoms with Gasteiger partial charge in [0.15, 0.2) is 0 Å². The number of carbonyl (C=O) groups is 2. The summed E-state index contributed by atoms with van der Waals surface area (Å²) in [4.78, 5) is 22.9. The number of nitrogens with one attached hydrogen (secondary N) is 2. The van der Waals surface area contributed by atoms with Crippen LogP contribution in [0.5, 0.6) is 0 Å². The predicted molar refractivity (Wildman–Crippen MR) is 71.7 cm³/mol. The molecule has 5 heteroatoms. The number of piperidine rings is 1. The molecular weight excluding hydrogens is 244 g/mol. The molecule has 2 aliphatic rings. The highest BCUT2D eigenvalue weighted by molar-refractivity contribution is 5.78. The van der Waals surface area contributed by atoms with Gasteiger partial charge in [0.2, 0.25) is 5.91 Å². The highest BCUT2D eigenvalue weighted by Gasteiger charge is 2.33. The van der Waals surface area contributed by atoms with Crippen LogP contribution in [0.1, 0.15) is 44.9 Å². The van der Waals surface area contributed by atoms with Gasteiger partial charge >= 0.3 is 5.97 Å². The monoisotopic (exact) mass is 268 g/mol. The lowest BCUT2D eigenvalue weighted by Crippen LogP contribution is -2.40. The molecule has 1 aliphatic heterocycles. The van der Waals surface area contributed by atoms with E-state index in [2.05, 4.69) is 10.6 Å². The summed E-state index contributed by atoms with van der Waals surface area (Å²) >= 11 is 0. The molecule has 2 unspecified atom stereocenters. The molecule has 0 bridgehead atoms. The number of aliphatic carboxylic acids is 1. The molecule has 0 spiro atoms. The van der Waals surface area contributed by atoms with E-state index in [4.69, 9.17) is 5.11 Å². The summed E-state index contributed by atoms with van der Waals surface area (Å²) in [6.45, 7) is 2.10. The summed E-state index contributed by atoms with van der Waals surface area (Å²) in [6, 6.07) is -0.155. The molecule has 1 aliphatic carbocycles. The smallest absolute Gasteiger partial charge is 0.308 e. The first-order valence-electron chi connectivity index (χ1n) is 7.39. The van der Waals surface area contributed by atoms with Gasteiger partial charge in [-0.25, -0.2) is 0 Å². The summed E-state index contributed by atoms with van der Waals surface area (Å²) in [7, 11) is 0. The standard InChI is InChI=1S/C14H24N2O3/c17-13(5-4-10-6-8-15-9-7-10)16-12-3-1-2-11(12)14(18)19/h10-12,15H,1-9H2,(H,16,17)(H,18,19). The van der Waals surface area contributed by atoms with Crippen LogP contribution in [0.25, 0.3) is 0 Å². The Hall–Kier alpha value is -1.10. The second-order valence-corrected chi connectivity index (χ2v) is 5.78. The van der Waals surface area contributed by atoms with Gasteiger partial charge in [-0.05, 0) is 51.1 Å². The fourth-order valence-corrected chi connectivity index (χ4v) is 3.21. The van der Waals surface area contributed by atoms with Crippen molar-refractivity contribution in [1.82, 2.24) is 10.6 Å². The lowest BCUT2D eigenvalue weighted by atomic mass is 9.93. The topological polar surface area (TPSA) is 78.4 Å². The average molecular weight is 268 g/mol. The first-order valence-corrected chi connectivity index (χ1v) is 7.39. The minimum atomic E-state index is -0.777. The fourth-order valence-electron chi connectivity index (χ4n) is 3.21. The molecule has 3 N–H and O–H groups in total. The number of hydrogen-bond donors (Lipinski definition) is 3. The van der Waals surface area contributed by atoms with Gasteiger partial charge in [0.05, 0.1) is 5.92 Å². The van der Waals surface area contributed by atoms with Crippen LogP contribution in [0.15, 0.2) is 0 Å². The van der Waals surface area contributed by atoms with E-state index < -0.39 is 5.97 Å². The number of carboxylic acids is 1. The van der Waals surface area contributed by atoms with Crippen molar-refractivity contribution in [2.24, 2.45) is 11.8 Å². The van der Waals surface area contributed by atoms with E-state index in [-0.39, 0.29) is 17.9 Å². The maximum Gasteiger partial charge on any atom is 0.308 e. The molecule has 19 heavy (non-hydrogen) atoms. The van der Waals surface area contributed by atoms with Gasteiger partial charge in [-0.2, -0.15) is 0 Å². The first-order chi connectivity index (χ1) is 9.16. The van der Waals surface area contributed by atoms with Gasteiger partial charge in [-0.15, -0.1) is 0 Å². The predicted octanol–water partition coefficient (Wildman–Crippen LogP) is 1.14. The molecule has 108 valence electrons. The van der Waals surface area contributed by atoms with Gasteiger partial charge in [0.25, 0.3) is 0 Å². The van der Waals surface area contributed by atoms with Crippen LogP contribution in [0.4, 0.5) is 0 Å². The van der Waals surface area contributed by atoms with Crippen molar-refractivity contribution < 1.29 is 14.7 Å². The summed E-state index contributed by atoms with van der Waals surface area (Å²) in [5.74, 6) is -0.494. The Kier molecular flexibility index (Phi) is 5.19. The van der Waals surface area contributed by atoms with Crippen LogP contribution in [0.3, 0.4) is 0 Å². The van der Waals surface area contributed by atoms with Gasteiger partial charge in [-0.1, -0.05) is 6.42 Å². The number of carboxylic acid groups (broad SMARTS) is 1. The molecule has 1 heterocycles. The van der Waals surface area contributed by atoms with E-state index >= 15 is 0 Å². The average Bonchev–Trinajstić information content (AvgIpc) is 2.86. The van der Waals surface area contributed by atoms with Crippen molar-refractivity contribution in [1.29, 1.82) is 0 Å². The zero-order valence-corrected chi connectivity index (χ0v) is 11.4. The molecule has 0 aromatic rings. The molecule has 1 amide bonds. The Morgan fingerprint density at radius 2 is 1.89 bits per heavy atom. The van der Waals surface area contributed by atoms with E-state index in [1.54, 1.807) is 0 Å². The summed E-state index contributed by atoms with van der Waals surface area (Å²) < 4.78 is 0. The second-order valence-electron chi connectivity index (χ2n) is 5.78. The third-order valence-corrected chi connectivity index (χ3v) is 4.42. The van der Waals surface area contributed by atoms with Crippen LogP contribution in [-0.4, -0.2) is 36.1 Å². The van der Waals surface area contributed by atoms with E-state index in [1.807, 2.05) is 0 Å². The van der Waals surface area contributed by atoms with Gasteiger partial charge in [0, 0.05) is 12.5 Å². The van der Waals surface area contributed by atoms with Crippen molar-refractivity contribution in [3.05, 3.63) is 0 Å². The van der Waals surface area contributed by atoms with E-state index in [1.165, 1.54) is 0 Å². The van der Waals surface area contributed by atoms with Crippen LogP contribution < -0.4 is 10.6 Å². The molecule has 5 nitrogen and oxygen atoms in total. The van der Waals surface area contributed by atoms with Crippen LogP contribution >= 0.6 is 0 Å².